The van der Waals surface area contributed by atoms with E-state index in [1.807, 2.05) is 19.1 Å². The van der Waals surface area contributed by atoms with Crippen molar-refractivity contribution in [3.63, 3.8) is 0 Å². The lowest BCUT2D eigenvalue weighted by Crippen LogP contribution is -2.40. The molecule has 0 bridgehead atoms. The molecule has 0 saturated carbocycles. The van der Waals surface area contributed by atoms with Gasteiger partial charge in [0.15, 0.2) is 10.7 Å². The molecule has 1 aliphatic rings. The number of nitrogens with zero attached hydrogens (tertiary/aromatic N) is 3. The smallest absolute Gasteiger partial charge is 0.338 e. The lowest BCUT2D eigenvalue weighted by atomic mass is 9.93. The number of hydrogen-bond donors (Lipinski definition) is 0. The van der Waals surface area contributed by atoms with E-state index in [2.05, 4.69) is 18.7 Å². The summed E-state index contributed by atoms with van der Waals surface area (Å²) in [5.41, 5.74) is 1.25. The molecule has 0 radical (unpaired) electrons. The minimum Gasteiger partial charge on any atom is -0.497 e. The van der Waals surface area contributed by atoms with Crippen LogP contribution in [0.25, 0.3) is 6.08 Å². The molecule has 1 aliphatic heterocycles. The maximum absolute atomic E-state index is 14.0. The zero-order valence-corrected chi connectivity index (χ0v) is 24.1. The summed E-state index contributed by atoms with van der Waals surface area (Å²) >= 11 is 1.26. The van der Waals surface area contributed by atoms with Crippen LogP contribution in [0.5, 0.6) is 11.5 Å². The number of fused-ring (bicyclic) bond motifs is 1. The van der Waals surface area contributed by atoms with Crippen LogP contribution >= 0.6 is 11.3 Å². The summed E-state index contributed by atoms with van der Waals surface area (Å²) in [6.07, 6.45) is 3.04. The Hall–Kier alpha value is -3.79. The standard InChI is InChI=1S/C29H35N3O6S/c1-7-11-21-25(28(34)37-10-4)26(20-16-18(35-5)12-14-22(20)36-6)32-27(33)23(39-29(32)30-21)17-19-13-15-24(38-19)31(8-2)9-3/h12-17,26H,7-11H2,1-6H3/b23-17-/t26-/m1/s1. The summed E-state index contributed by atoms with van der Waals surface area (Å²) in [5, 5.41) is 0. The Morgan fingerprint density at radius 1 is 1.13 bits per heavy atom. The highest BCUT2D eigenvalue weighted by Crippen LogP contribution is 2.38. The number of allylic oxidation sites excluding steroid dienone is 1. The number of carbonyl (C=O) groups is 1. The van der Waals surface area contributed by atoms with Crippen molar-refractivity contribution in [1.29, 1.82) is 0 Å². The van der Waals surface area contributed by atoms with Crippen molar-refractivity contribution in [1.82, 2.24) is 4.57 Å². The first-order valence-corrected chi connectivity index (χ1v) is 14.0. The molecule has 3 aromatic rings. The molecule has 2 aromatic heterocycles. The Balaban J connectivity index is 1.99. The number of hydrogen-bond acceptors (Lipinski definition) is 9. The number of esters is 1. The third-order valence-corrected chi connectivity index (χ3v) is 7.57. The van der Waals surface area contributed by atoms with Crippen LogP contribution in [0.4, 0.5) is 5.88 Å². The largest absolute Gasteiger partial charge is 0.497 e. The van der Waals surface area contributed by atoms with E-state index in [-0.39, 0.29) is 12.2 Å². The van der Waals surface area contributed by atoms with Crippen molar-refractivity contribution in [3.8, 4) is 11.5 Å². The normalized spacial score (nSPS) is 15.1. The zero-order valence-electron chi connectivity index (χ0n) is 23.3. The molecule has 0 spiro atoms. The van der Waals surface area contributed by atoms with Crippen molar-refractivity contribution in [2.45, 2.75) is 46.6 Å². The molecule has 0 fully saturated rings. The van der Waals surface area contributed by atoms with Gasteiger partial charge in [0.05, 0.1) is 36.6 Å². The third kappa shape index (κ3) is 5.52. The van der Waals surface area contributed by atoms with Crippen LogP contribution in [0.2, 0.25) is 0 Å². The van der Waals surface area contributed by atoms with E-state index in [0.717, 1.165) is 25.4 Å². The molecule has 3 heterocycles. The van der Waals surface area contributed by atoms with Crippen molar-refractivity contribution in [2.75, 3.05) is 38.8 Å². The molecular weight excluding hydrogens is 518 g/mol. The molecular formula is C29H35N3O6S. The summed E-state index contributed by atoms with van der Waals surface area (Å²) in [4.78, 5) is 34.8. The predicted octanol–water partition coefficient (Wildman–Crippen LogP) is 4.03. The van der Waals surface area contributed by atoms with E-state index in [1.165, 1.54) is 11.3 Å². The van der Waals surface area contributed by atoms with Gasteiger partial charge in [0.1, 0.15) is 23.3 Å². The first-order chi connectivity index (χ1) is 18.9. The van der Waals surface area contributed by atoms with E-state index in [0.29, 0.717) is 49.8 Å². The lowest BCUT2D eigenvalue weighted by Gasteiger charge is -2.27. The van der Waals surface area contributed by atoms with Crippen molar-refractivity contribution in [3.05, 3.63) is 72.6 Å². The molecule has 208 valence electrons. The van der Waals surface area contributed by atoms with E-state index in [9.17, 15) is 9.59 Å². The Kier molecular flexibility index (Phi) is 8.96. The number of anilines is 1. The van der Waals surface area contributed by atoms with Gasteiger partial charge in [0.25, 0.3) is 5.56 Å². The van der Waals surface area contributed by atoms with E-state index >= 15 is 0 Å². The van der Waals surface area contributed by atoms with Gasteiger partial charge < -0.3 is 23.5 Å². The van der Waals surface area contributed by atoms with Crippen LogP contribution in [0, 0.1) is 0 Å². The second kappa shape index (κ2) is 12.4. The monoisotopic (exact) mass is 553 g/mol. The minimum atomic E-state index is -0.808. The molecule has 0 saturated heterocycles. The SMILES string of the molecule is CCCC1=C(C(=O)OCC)[C@@H](c2cc(OC)ccc2OC)n2c(s/c(=C\c3ccc(N(CC)CC)o3)c2=O)=N1. The predicted molar refractivity (Wildman–Crippen MR) is 151 cm³/mol. The van der Waals surface area contributed by atoms with Gasteiger partial charge in [-0.2, -0.15) is 0 Å². The maximum atomic E-state index is 14.0. The van der Waals surface area contributed by atoms with Gasteiger partial charge in [-0.1, -0.05) is 24.7 Å². The van der Waals surface area contributed by atoms with Gasteiger partial charge >= 0.3 is 5.97 Å². The summed E-state index contributed by atoms with van der Waals surface area (Å²) < 4.78 is 24.7. The average molecular weight is 554 g/mol. The van der Waals surface area contributed by atoms with Crippen molar-refractivity contribution < 1.29 is 23.4 Å². The van der Waals surface area contributed by atoms with E-state index < -0.39 is 12.0 Å². The fraction of sp³-hybridized carbons (Fsp3) is 0.414. The molecule has 0 amide bonds. The molecule has 0 unspecified atom stereocenters. The van der Waals surface area contributed by atoms with Crippen LogP contribution in [0.15, 0.2) is 55.8 Å². The van der Waals surface area contributed by atoms with Gasteiger partial charge in [0.2, 0.25) is 0 Å². The number of rotatable bonds is 11. The van der Waals surface area contributed by atoms with Crippen LogP contribution in [0.1, 0.15) is 57.9 Å². The third-order valence-electron chi connectivity index (χ3n) is 6.58. The number of carbonyl (C=O) groups excluding carboxylic acids is 1. The topological polar surface area (TPSA) is 95.5 Å². The summed E-state index contributed by atoms with van der Waals surface area (Å²) in [5.74, 6) is 1.89. The lowest BCUT2D eigenvalue weighted by molar-refractivity contribution is -0.139. The highest BCUT2D eigenvalue weighted by atomic mass is 32.1. The molecule has 39 heavy (non-hydrogen) atoms. The Bertz CT molecular complexity index is 1540. The highest BCUT2D eigenvalue weighted by molar-refractivity contribution is 7.07. The number of methoxy groups -OCH3 is 2. The molecule has 9 nitrogen and oxygen atoms in total. The quantitative estimate of drug-likeness (QED) is 0.331. The first-order valence-electron chi connectivity index (χ1n) is 13.2. The second-order valence-electron chi connectivity index (χ2n) is 8.87. The van der Waals surface area contributed by atoms with Crippen molar-refractivity contribution in [2.24, 2.45) is 4.99 Å². The zero-order chi connectivity index (χ0) is 28.1. The van der Waals surface area contributed by atoms with Crippen LogP contribution in [-0.2, 0) is 9.53 Å². The van der Waals surface area contributed by atoms with Crippen LogP contribution in [-0.4, -0.2) is 44.5 Å². The van der Waals surface area contributed by atoms with Gasteiger partial charge in [-0.15, -0.1) is 0 Å². The molecule has 1 atom stereocenters. The van der Waals surface area contributed by atoms with Gasteiger partial charge in [-0.25, -0.2) is 9.79 Å². The number of thiazole rings is 1. The fourth-order valence-corrected chi connectivity index (χ4v) is 5.72. The molecule has 4 rings (SSSR count). The van der Waals surface area contributed by atoms with Gasteiger partial charge in [-0.3, -0.25) is 9.36 Å². The first kappa shape index (κ1) is 28.2. The molecule has 1 aromatic carbocycles. The molecule has 10 heteroatoms. The van der Waals surface area contributed by atoms with Crippen molar-refractivity contribution >= 4 is 29.3 Å². The summed E-state index contributed by atoms with van der Waals surface area (Å²) in [7, 11) is 3.12. The minimum absolute atomic E-state index is 0.196. The van der Waals surface area contributed by atoms with E-state index in [1.54, 1.807) is 50.0 Å². The second-order valence-corrected chi connectivity index (χ2v) is 9.88. The Morgan fingerprint density at radius 3 is 2.54 bits per heavy atom. The Morgan fingerprint density at radius 2 is 1.90 bits per heavy atom. The average Bonchev–Trinajstić information content (AvgIpc) is 3.52. The highest BCUT2D eigenvalue weighted by Gasteiger charge is 2.36. The maximum Gasteiger partial charge on any atom is 0.338 e. The van der Waals surface area contributed by atoms with Crippen LogP contribution in [0.3, 0.4) is 0 Å². The summed E-state index contributed by atoms with van der Waals surface area (Å²) in [6.45, 7) is 9.71. The number of aromatic nitrogens is 1. The molecule has 0 N–H and O–H groups in total. The van der Waals surface area contributed by atoms with E-state index in [4.69, 9.17) is 23.6 Å². The number of furan rings is 1. The Labute approximate surface area is 231 Å². The van der Waals surface area contributed by atoms with Crippen LogP contribution < -0.4 is 29.3 Å². The number of benzene rings is 1. The number of ether oxygens (including phenoxy) is 3. The summed E-state index contributed by atoms with van der Waals surface area (Å²) in [6, 6.07) is 8.27. The fourth-order valence-electron chi connectivity index (χ4n) is 4.72. The van der Waals surface area contributed by atoms with Gasteiger partial charge in [-0.05, 0) is 51.5 Å². The van der Waals surface area contributed by atoms with Gasteiger partial charge in [0, 0.05) is 30.8 Å². The molecule has 0 aliphatic carbocycles.